The number of amides is 1. The fourth-order valence-corrected chi connectivity index (χ4v) is 3.85. The molecule has 6 heteroatoms. The molecule has 3 heterocycles. The monoisotopic (exact) mass is 293 g/mol. The highest BCUT2D eigenvalue weighted by molar-refractivity contribution is 7.15. The fraction of sp³-hybridized carbons (Fsp3) is 0.571. The van der Waals surface area contributed by atoms with Crippen molar-refractivity contribution in [1.29, 1.82) is 0 Å². The zero-order valence-electron chi connectivity index (χ0n) is 11.8. The summed E-state index contributed by atoms with van der Waals surface area (Å²) >= 11 is 1.72. The molecule has 1 fully saturated rings. The van der Waals surface area contributed by atoms with Gasteiger partial charge in [0.15, 0.2) is 0 Å². The van der Waals surface area contributed by atoms with Gasteiger partial charge in [-0.05, 0) is 19.8 Å². The molecule has 0 bridgehead atoms. The van der Waals surface area contributed by atoms with Crippen LogP contribution in [0.3, 0.4) is 0 Å². The predicted molar refractivity (Wildman–Crippen MR) is 78.2 cm³/mol. The number of carbonyl (C=O) groups excluding carboxylic acids is 1. The maximum atomic E-state index is 12.0. The number of ether oxygens (including phenoxy) is 1. The summed E-state index contributed by atoms with van der Waals surface area (Å²) in [6.45, 7) is 3.79. The Morgan fingerprint density at radius 2 is 2.45 bits per heavy atom. The predicted octanol–water partition coefficient (Wildman–Crippen LogP) is 2.06. The molecular formula is C14H19N3O2S. The van der Waals surface area contributed by atoms with E-state index in [0.717, 1.165) is 37.4 Å². The number of hydrogen-bond donors (Lipinski definition) is 0. The Kier molecular flexibility index (Phi) is 3.76. The average Bonchev–Trinajstić information content (AvgIpc) is 3.04. The van der Waals surface area contributed by atoms with Crippen molar-refractivity contribution in [2.24, 2.45) is 0 Å². The molecule has 108 valence electrons. The second-order valence-corrected chi connectivity index (χ2v) is 6.13. The Morgan fingerprint density at radius 3 is 3.25 bits per heavy atom. The SMILES string of the molecule is COCC(=O)N1CCC[C@@H](c2nc(C)n3ccsc23)C1. The molecule has 2 aromatic rings. The zero-order chi connectivity index (χ0) is 14.1. The molecule has 1 amide bonds. The summed E-state index contributed by atoms with van der Waals surface area (Å²) in [4.78, 5) is 19.8. The Bertz CT molecular complexity index is 619. The number of methoxy groups -OCH3 is 1. The number of fused-ring (bicyclic) bond motifs is 1. The lowest BCUT2D eigenvalue weighted by molar-refractivity contribution is -0.136. The molecule has 0 radical (unpaired) electrons. The molecule has 0 N–H and O–H groups in total. The van der Waals surface area contributed by atoms with Crippen LogP contribution in [0.5, 0.6) is 0 Å². The molecule has 5 nitrogen and oxygen atoms in total. The first-order chi connectivity index (χ1) is 9.70. The number of likely N-dealkylation sites (tertiary alicyclic amines) is 1. The van der Waals surface area contributed by atoms with E-state index in [1.165, 1.54) is 4.83 Å². The van der Waals surface area contributed by atoms with Gasteiger partial charge < -0.3 is 9.64 Å². The Morgan fingerprint density at radius 1 is 1.60 bits per heavy atom. The van der Waals surface area contributed by atoms with Crippen LogP contribution < -0.4 is 0 Å². The van der Waals surface area contributed by atoms with Crippen LogP contribution in [0.1, 0.15) is 30.3 Å². The number of carbonyl (C=O) groups is 1. The van der Waals surface area contributed by atoms with Gasteiger partial charge in [-0.15, -0.1) is 11.3 Å². The number of rotatable bonds is 3. The molecule has 1 saturated heterocycles. The highest BCUT2D eigenvalue weighted by Gasteiger charge is 2.28. The molecule has 1 aliphatic rings. The van der Waals surface area contributed by atoms with E-state index in [1.807, 2.05) is 11.8 Å². The fourth-order valence-electron chi connectivity index (χ4n) is 2.90. The summed E-state index contributed by atoms with van der Waals surface area (Å²) in [7, 11) is 1.56. The van der Waals surface area contributed by atoms with Gasteiger partial charge in [-0.3, -0.25) is 9.20 Å². The molecule has 0 aliphatic carbocycles. The topological polar surface area (TPSA) is 46.8 Å². The molecular weight excluding hydrogens is 274 g/mol. The highest BCUT2D eigenvalue weighted by atomic mass is 32.1. The number of imidazole rings is 1. The van der Waals surface area contributed by atoms with Crippen molar-refractivity contribution in [3.05, 3.63) is 23.1 Å². The van der Waals surface area contributed by atoms with E-state index < -0.39 is 0 Å². The Labute approximate surface area is 122 Å². The smallest absolute Gasteiger partial charge is 0.248 e. The minimum atomic E-state index is 0.0792. The van der Waals surface area contributed by atoms with Crippen molar-refractivity contribution in [2.75, 3.05) is 26.8 Å². The normalized spacial score (nSPS) is 19.7. The van der Waals surface area contributed by atoms with Gasteiger partial charge in [0.05, 0.1) is 5.69 Å². The van der Waals surface area contributed by atoms with Gasteiger partial charge in [-0.2, -0.15) is 0 Å². The zero-order valence-corrected chi connectivity index (χ0v) is 12.7. The molecule has 0 saturated carbocycles. The molecule has 0 spiro atoms. The Balaban J connectivity index is 1.83. The van der Waals surface area contributed by atoms with E-state index in [9.17, 15) is 4.79 Å². The molecule has 1 aliphatic heterocycles. The largest absolute Gasteiger partial charge is 0.375 e. The van der Waals surface area contributed by atoms with E-state index in [4.69, 9.17) is 9.72 Å². The van der Waals surface area contributed by atoms with Crippen LogP contribution in [0.2, 0.25) is 0 Å². The van der Waals surface area contributed by atoms with Crippen molar-refractivity contribution in [1.82, 2.24) is 14.3 Å². The van der Waals surface area contributed by atoms with E-state index in [1.54, 1.807) is 18.4 Å². The first-order valence-electron chi connectivity index (χ1n) is 6.89. The molecule has 3 rings (SSSR count). The standard InChI is InChI=1S/C14H19N3O2S/c1-10-15-13(14-17(10)6-7-20-14)11-4-3-5-16(8-11)12(18)9-19-2/h6-7,11H,3-5,8-9H2,1-2H3/t11-/m1/s1. The average molecular weight is 293 g/mol. The summed E-state index contributed by atoms with van der Waals surface area (Å²) in [5, 5.41) is 2.09. The minimum Gasteiger partial charge on any atom is -0.375 e. The van der Waals surface area contributed by atoms with Gasteiger partial charge in [-0.1, -0.05) is 0 Å². The number of aryl methyl sites for hydroxylation is 1. The summed E-state index contributed by atoms with van der Waals surface area (Å²) in [6, 6.07) is 0. The third-order valence-corrected chi connectivity index (χ3v) is 4.77. The maximum Gasteiger partial charge on any atom is 0.248 e. The third kappa shape index (κ3) is 2.33. The van der Waals surface area contributed by atoms with Crippen LogP contribution in [0, 0.1) is 6.92 Å². The maximum absolute atomic E-state index is 12.0. The Hall–Kier alpha value is -1.40. The van der Waals surface area contributed by atoms with E-state index in [-0.39, 0.29) is 12.5 Å². The molecule has 1 atom stereocenters. The van der Waals surface area contributed by atoms with Crippen molar-refractivity contribution < 1.29 is 9.53 Å². The van der Waals surface area contributed by atoms with Crippen LogP contribution in [-0.2, 0) is 9.53 Å². The van der Waals surface area contributed by atoms with E-state index in [0.29, 0.717) is 5.92 Å². The van der Waals surface area contributed by atoms with Gasteiger partial charge in [0, 0.05) is 37.7 Å². The van der Waals surface area contributed by atoms with E-state index >= 15 is 0 Å². The van der Waals surface area contributed by atoms with Gasteiger partial charge in [0.1, 0.15) is 17.3 Å². The summed E-state index contributed by atoms with van der Waals surface area (Å²) < 4.78 is 7.09. The van der Waals surface area contributed by atoms with Gasteiger partial charge in [0.2, 0.25) is 5.91 Å². The van der Waals surface area contributed by atoms with Crippen LogP contribution in [-0.4, -0.2) is 47.0 Å². The van der Waals surface area contributed by atoms with Crippen molar-refractivity contribution in [3.8, 4) is 0 Å². The van der Waals surface area contributed by atoms with Crippen molar-refractivity contribution in [2.45, 2.75) is 25.7 Å². The lowest BCUT2D eigenvalue weighted by Crippen LogP contribution is -2.41. The van der Waals surface area contributed by atoms with Gasteiger partial charge >= 0.3 is 0 Å². The van der Waals surface area contributed by atoms with Gasteiger partial charge in [0.25, 0.3) is 0 Å². The van der Waals surface area contributed by atoms with Crippen LogP contribution in [0.25, 0.3) is 4.83 Å². The number of hydrogen-bond acceptors (Lipinski definition) is 4. The number of thiazole rings is 1. The molecule has 20 heavy (non-hydrogen) atoms. The van der Waals surface area contributed by atoms with Crippen molar-refractivity contribution in [3.63, 3.8) is 0 Å². The summed E-state index contributed by atoms with van der Waals surface area (Å²) in [5.41, 5.74) is 1.15. The first kappa shape index (κ1) is 13.6. The van der Waals surface area contributed by atoms with E-state index in [2.05, 4.69) is 16.0 Å². The second-order valence-electron chi connectivity index (χ2n) is 5.23. The summed E-state index contributed by atoms with van der Waals surface area (Å²) in [5.74, 6) is 1.44. The number of piperidine rings is 1. The van der Waals surface area contributed by atoms with Crippen LogP contribution in [0.4, 0.5) is 0 Å². The summed E-state index contributed by atoms with van der Waals surface area (Å²) in [6.07, 6.45) is 4.19. The van der Waals surface area contributed by atoms with Crippen LogP contribution in [0.15, 0.2) is 11.6 Å². The number of nitrogens with zero attached hydrogens (tertiary/aromatic N) is 3. The van der Waals surface area contributed by atoms with Gasteiger partial charge in [-0.25, -0.2) is 4.98 Å². The minimum absolute atomic E-state index is 0.0792. The molecule has 0 unspecified atom stereocenters. The molecule has 0 aromatic carbocycles. The number of aromatic nitrogens is 2. The second kappa shape index (κ2) is 5.54. The lowest BCUT2D eigenvalue weighted by Gasteiger charge is -2.31. The highest BCUT2D eigenvalue weighted by Crippen LogP contribution is 2.31. The quantitative estimate of drug-likeness (QED) is 0.870. The first-order valence-corrected chi connectivity index (χ1v) is 7.77. The third-order valence-electron chi connectivity index (χ3n) is 3.89. The van der Waals surface area contributed by atoms with Crippen molar-refractivity contribution >= 4 is 22.1 Å². The van der Waals surface area contributed by atoms with Crippen LogP contribution >= 0.6 is 11.3 Å². The lowest BCUT2D eigenvalue weighted by atomic mass is 9.95. The molecule has 2 aromatic heterocycles.